The largest absolute Gasteiger partial charge is 0.467 e. The quantitative estimate of drug-likeness (QED) is 0.765. The molecule has 0 fully saturated rings. The number of nitrogens with zero attached hydrogens (tertiary/aromatic N) is 2. The van der Waals surface area contributed by atoms with Gasteiger partial charge in [0.2, 0.25) is 0 Å². The molecule has 4 heteroatoms. The van der Waals surface area contributed by atoms with E-state index in [2.05, 4.69) is 17.2 Å². The standard InChI is InChI=1S/C14H21N3O/c1-3-4-5-8-15-13(12-7-6-11-18-12)14-16-9-10-17(14)2/h6-7,9-11,13,15H,3-5,8H2,1-2H3. The van der Waals surface area contributed by atoms with Gasteiger partial charge in [-0.2, -0.15) is 0 Å². The van der Waals surface area contributed by atoms with Gasteiger partial charge in [0.05, 0.1) is 6.26 Å². The molecule has 0 amide bonds. The van der Waals surface area contributed by atoms with Gasteiger partial charge in [0.25, 0.3) is 0 Å². The molecule has 0 aliphatic heterocycles. The van der Waals surface area contributed by atoms with Gasteiger partial charge in [0.1, 0.15) is 17.6 Å². The van der Waals surface area contributed by atoms with Crippen LogP contribution in [-0.2, 0) is 7.05 Å². The number of rotatable bonds is 7. The summed E-state index contributed by atoms with van der Waals surface area (Å²) >= 11 is 0. The molecule has 2 heterocycles. The molecule has 18 heavy (non-hydrogen) atoms. The maximum atomic E-state index is 5.52. The van der Waals surface area contributed by atoms with Gasteiger partial charge in [-0.25, -0.2) is 4.98 Å². The Morgan fingerprint density at radius 2 is 2.33 bits per heavy atom. The van der Waals surface area contributed by atoms with E-state index in [1.165, 1.54) is 19.3 Å². The zero-order valence-corrected chi connectivity index (χ0v) is 11.1. The van der Waals surface area contributed by atoms with E-state index >= 15 is 0 Å². The van der Waals surface area contributed by atoms with Crippen molar-refractivity contribution in [3.63, 3.8) is 0 Å². The third kappa shape index (κ3) is 3.01. The Bertz CT molecular complexity index is 447. The third-order valence-electron chi connectivity index (χ3n) is 3.07. The number of nitrogens with one attached hydrogen (secondary N) is 1. The minimum absolute atomic E-state index is 0.0388. The molecule has 1 N–H and O–H groups in total. The smallest absolute Gasteiger partial charge is 0.133 e. The second-order valence-electron chi connectivity index (χ2n) is 4.51. The number of hydrogen-bond donors (Lipinski definition) is 1. The van der Waals surface area contributed by atoms with Crippen LogP contribution in [0, 0.1) is 0 Å². The van der Waals surface area contributed by atoms with Gasteiger partial charge in [0, 0.05) is 19.4 Å². The molecule has 0 aromatic carbocycles. The van der Waals surface area contributed by atoms with E-state index in [4.69, 9.17) is 4.42 Å². The minimum Gasteiger partial charge on any atom is -0.467 e. The average Bonchev–Trinajstić information content (AvgIpc) is 3.01. The van der Waals surface area contributed by atoms with Gasteiger partial charge in [-0.1, -0.05) is 19.8 Å². The van der Waals surface area contributed by atoms with Gasteiger partial charge in [-0.15, -0.1) is 0 Å². The molecule has 2 aromatic rings. The molecule has 0 aliphatic carbocycles. The Balaban J connectivity index is 2.07. The number of aryl methyl sites for hydroxylation is 1. The lowest BCUT2D eigenvalue weighted by atomic mass is 10.2. The summed E-state index contributed by atoms with van der Waals surface area (Å²) in [5.74, 6) is 1.90. The number of furan rings is 1. The molecule has 0 radical (unpaired) electrons. The Hall–Kier alpha value is -1.55. The van der Waals surface area contributed by atoms with Crippen LogP contribution in [-0.4, -0.2) is 16.1 Å². The van der Waals surface area contributed by atoms with Crippen LogP contribution in [0.4, 0.5) is 0 Å². The summed E-state index contributed by atoms with van der Waals surface area (Å²) in [5, 5.41) is 3.52. The van der Waals surface area contributed by atoms with E-state index in [0.717, 1.165) is 18.1 Å². The molecular formula is C14H21N3O. The molecular weight excluding hydrogens is 226 g/mol. The zero-order valence-electron chi connectivity index (χ0n) is 11.1. The van der Waals surface area contributed by atoms with Crippen molar-refractivity contribution in [1.29, 1.82) is 0 Å². The number of hydrogen-bond acceptors (Lipinski definition) is 3. The monoisotopic (exact) mass is 247 g/mol. The average molecular weight is 247 g/mol. The molecule has 2 rings (SSSR count). The van der Waals surface area contributed by atoms with E-state index in [9.17, 15) is 0 Å². The van der Waals surface area contributed by atoms with Crippen molar-refractivity contribution >= 4 is 0 Å². The molecule has 0 bridgehead atoms. The second-order valence-corrected chi connectivity index (χ2v) is 4.51. The summed E-state index contributed by atoms with van der Waals surface area (Å²) in [6, 6.07) is 3.95. The van der Waals surface area contributed by atoms with Crippen molar-refractivity contribution in [3.8, 4) is 0 Å². The van der Waals surface area contributed by atoms with E-state index < -0.39 is 0 Å². The highest BCUT2D eigenvalue weighted by Crippen LogP contribution is 2.20. The van der Waals surface area contributed by atoms with Crippen molar-refractivity contribution in [1.82, 2.24) is 14.9 Å². The fourth-order valence-corrected chi connectivity index (χ4v) is 2.05. The highest BCUT2D eigenvalue weighted by atomic mass is 16.3. The first-order chi connectivity index (χ1) is 8.83. The van der Waals surface area contributed by atoms with Gasteiger partial charge in [-0.05, 0) is 25.1 Å². The summed E-state index contributed by atoms with van der Waals surface area (Å²) in [6.07, 6.45) is 9.14. The van der Waals surface area contributed by atoms with Crippen molar-refractivity contribution < 1.29 is 4.42 Å². The van der Waals surface area contributed by atoms with Gasteiger partial charge >= 0.3 is 0 Å². The summed E-state index contributed by atoms with van der Waals surface area (Å²) in [5.41, 5.74) is 0. The van der Waals surface area contributed by atoms with E-state index in [1.54, 1.807) is 6.26 Å². The predicted molar refractivity (Wildman–Crippen MR) is 71.3 cm³/mol. The highest BCUT2D eigenvalue weighted by molar-refractivity contribution is 5.15. The fourth-order valence-electron chi connectivity index (χ4n) is 2.05. The minimum atomic E-state index is 0.0388. The molecule has 98 valence electrons. The molecule has 0 saturated heterocycles. The van der Waals surface area contributed by atoms with E-state index in [-0.39, 0.29) is 6.04 Å². The van der Waals surface area contributed by atoms with Crippen LogP contribution in [0.15, 0.2) is 35.2 Å². The SMILES string of the molecule is CCCCCNC(c1ccco1)c1nccn1C. The lowest BCUT2D eigenvalue weighted by Crippen LogP contribution is -2.25. The fraction of sp³-hybridized carbons (Fsp3) is 0.500. The maximum Gasteiger partial charge on any atom is 0.133 e. The van der Waals surface area contributed by atoms with Crippen LogP contribution < -0.4 is 5.32 Å². The van der Waals surface area contributed by atoms with E-state index in [1.807, 2.05) is 36.1 Å². The van der Waals surface area contributed by atoms with Crippen LogP contribution in [0.1, 0.15) is 43.8 Å². The summed E-state index contributed by atoms with van der Waals surface area (Å²) in [4.78, 5) is 4.41. The first-order valence-corrected chi connectivity index (χ1v) is 6.57. The molecule has 1 unspecified atom stereocenters. The van der Waals surface area contributed by atoms with Crippen LogP contribution in [0.5, 0.6) is 0 Å². The van der Waals surface area contributed by atoms with E-state index in [0.29, 0.717) is 0 Å². The number of aromatic nitrogens is 2. The van der Waals surface area contributed by atoms with Crippen LogP contribution in [0.2, 0.25) is 0 Å². The normalized spacial score (nSPS) is 12.8. The Morgan fingerprint density at radius 3 is 2.94 bits per heavy atom. The first kappa shape index (κ1) is 12.9. The van der Waals surface area contributed by atoms with Crippen molar-refractivity contribution in [2.45, 2.75) is 32.2 Å². The topological polar surface area (TPSA) is 43.0 Å². The Labute approximate surface area is 108 Å². The summed E-state index contributed by atoms with van der Waals surface area (Å²) in [7, 11) is 2.01. The van der Waals surface area contributed by atoms with Crippen molar-refractivity contribution in [2.75, 3.05) is 6.54 Å². The zero-order chi connectivity index (χ0) is 12.8. The number of unbranched alkanes of at least 4 members (excludes halogenated alkanes) is 2. The Kier molecular flexibility index (Phi) is 4.59. The lowest BCUT2D eigenvalue weighted by Gasteiger charge is -2.16. The summed E-state index contributed by atoms with van der Waals surface area (Å²) in [6.45, 7) is 3.19. The van der Waals surface area contributed by atoms with Gasteiger partial charge in [-0.3, -0.25) is 0 Å². The first-order valence-electron chi connectivity index (χ1n) is 6.57. The maximum absolute atomic E-state index is 5.52. The third-order valence-corrected chi connectivity index (χ3v) is 3.07. The highest BCUT2D eigenvalue weighted by Gasteiger charge is 2.19. The molecule has 4 nitrogen and oxygen atoms in total. The van der Waals surface area contributed by atoms with Crippen LogP contribution in [0.3, 0.4) is 0 Å². The predicted octanol–water partition coefficient (Wildman–Crippen LogP) is 2.88. The molecule has 0 saturated carbocycles. The molecule has 2 aromatic heterocycles. The van der Waals surface area contributed by atoms with Crippen LogP contribution in [0.25, 0.3) is 0 Å². The molecule has 0 spiro atoms. The van der Waals surface area contributed by atoms with Crippen molar-refractivity contribution in [2.24, 2.45) is 7.05 Å². The lowest BCUT2D eigenvalue weighted by molar-refractivity contribution is 0.426. The molecule has 1 atom stereocenters. The Morgan fingerprint density at radius 1 is 1.44 bits per heavy atom. The summed E-state index contributed by atoms with van der Waals surface area (Å²) < 4.78 is 7.54. The van der Waals surface area contributed by atoms with Gasteiger partial charge < -0.3 is 14.3 Å². The van der Waals surface area contributed by atoms with Crippen molar-refractivity contribution in [3.05, 3.63) is 42.4 Å². The number of imidazole rings is 1. The molecule has 0 aliphatic rings. The van der Waals surface area contributed by atoms with Crippen LogP contribution >= 0.6 is 0 Å². The second kappa shape index (κ2) is 6.40. The van der Waals surface area contributed by atoms with Gasteiger partial charge in [0.15, 0.2) is 0 Å².